The van der Waals surface area contributed by atoms with E-state index < -0.39 is 0 Å². The Morgan fingerprint density at radius 2 is 2.17 bits per heavy atom. The van der Waals surface area contributed by atoms with Crippen molar-refractivity contribution in [3.8, 4) is 0 Å². The highest BCUT2D eigenvalue weighted by Crippen LogP contribution is 2.27. The molecule has 24 heavy (non-hydrogen) atoms. The standard InChI is InChI=1S/C17H23ClN4O2/c18-14-6-5-12(22-8-7-20-17(22)24)9-13(14)16(23)21-15-4-2-1-3-11(15)10-19/h5-6,9,11,15H,1-4,7-8,10,19H2,(H,20,24)(H,21,23). The maximum absolute atomic E-state index is 12.7. The van der Waals surface area contributed by atoms with E-state index in [1.54, 1.807) is 23.1 Å². The van der Waals surface area contributed by atoms with Crippen LogP contribution in [0.15, 0.2) is 18.2 Å². The van der Waals surface area contributed by atoms with Gasteiger partial charge in [0, 0.05) is 24.8 Å². The van der Waals surface area contributed by atoms with Gasteiger partial charge in [-0.25, -0.2) is 4.79 Å². The maximum Gasteiger partial charge on any atom is 0.321 e. The van der Waals surface area contributed by atoms with E-state index in [4.69, 9.17) is 17.3 Å². The molecule has 1 saturated carbocycles. The molecule has 0 spiro atoms. The van der Waals surface area contributed by atoms with Crippen LogP contribution in [-0.4, -0.2) is 37.6 Å². The summed E-state index contributed by atoms with van der Waals surface area (Å²) in [5.41, 5.74) is 6.91. The molecule has 2 unspecified atom stereocenters. The molecule has 1 aromatic rings. The molecule has 1 heterocycles. The Balaban J connectivity index is 1.77. The first-order chi connectivity index (χ1) is 11.6. The van der Waals surface area contributed by atoms with Gasteiger partial charge in [0.05, 0.1) is 10.6 Å². The second kappa shape index (κ2) is 7.40. The number of urea groups is 1. The van der Waals surface area contributed by atoms with Gasteiger partial charge in [0.1, 0.15) is 0 Å². The van der Waals surface area contributed by atoms with E-state index in [0.29, 0.717) is 41.8 Å². The smallest absolute Gasteiger partial charge is 0.321 e. The van der Waals surface area contributed by atoms with Crippen LogP contribution in [0.5, 0.6) is 0 Å². The zero-order valence-electron chi connectivity index (χ0n) is 13.6. The first-order valence-electron chi connectivity index (χ1n) is 8.46. The summed E-state index contributed by atoms with van der Waals surface area (Å²) in [6.45, 7) is 1.76. The molecule has 2 fully saturated rings. The van der Waals surface area contributed by atoms with Gasteiger partial charge in [-0.05, 0) is 43.5 Å². The normalized spacial score (nSPS) is 23.9. The number of nitrogens with one attached hydrogen (secondary N) is 2. The molecule has 3 rings (SSSR count). The number of carbonyl (C=O) groups is 2. The van der Waals surface area contributed by atoms with Gasteiger partial charge in [-0.3, -0.25) is 9.69 Å². The summed E-state index contributed by atoms with van der Waals surface area (Å²) in [5, 5.41) is 6.22. The van der Waals surface area contributed by atoms with E-state index >= 15 is 0 Å². The highest BCUT2D eigenvalue weighted by Gasteiger charge is 2.27. The molecule has 1 aliphatic heterocycles. The minimum absolute atomic E-state index is 0.0889. The fraction of sp³-hybridized carbons (Fsp3) is 0.529. The third-order valence-electron chi connectivity index (χ3n) is 4.89. The lowest BCUT2D eigenvalue weighted by molar-refractivity contribution is 0.0908. The lowest BCUT2D eigenvalue weighted by Gasteiger charge is -2.31. The monoisotopic (exact) mass is 350 g/mol. The molecule has 0 aromatic heterocycles. The average Bonchev–Trinajstić information content (AvgIpc) is 3.02. The predicted octanol–water partition coefficient (Wildman–Crippen LogP) is 2.12. The largest absolute Gasteiger partial charge is 0.349 e. The van der Waals surface area contributed by atoms with Gasteiger partial charge in [-0.1, -0.05) is 24.4 Å². The van der Waals surface area contributed by atoms with Crippen LogP contribution in [0.4, 0.5) is 10.5 Å². The quantitative estimate of drug-likeness (QED) is 0.777. The Kier molecular flexibility index (Phi) is 5.26. The molecule has 1 aliphatic carbocycles. The van der Waals surface area contributed by atoms with Crippen molar-refractivity contribution >= 4 is 29.2 Å². The van der Waals surface area contributed by atoms with Gasteiger partial charge in [0.15, 0.2) is 0 Å². The molecule has 2 aliphatic rings. The number of halogens is 1. The van der Waals surface area contributed by atoms with Crippen molar-refractivity contribution in [1.29, 1.82) is 0 Å². The van der Waals surface area contributed by atoms with Crippen LogP contribution in [0, 0.1) is 5.92 Å². The lowest BCUT2D eigenvalue weighted by Crippen LogP contribution is -2.44. The number of rotatable bonds is 4. The molecular formula is C17H23ClN4O2. The lowest BCUT2D eigenvalue weighted by atomic mass is 9.84. The van der Waals surface area contributed by atoms with Crippen LogP contribution in [0.25, 0.3) is 0 Å². The number of anilines is 1. The summed E-state index contributed by atoms with van der Waals surface area (Å²) < 4.78 is 0. The second-order valence-electron chi connectivity index (χ2n) is 6.41. The number of nitrogens with two attached hydrogens (primary N) is 1. The Morgan fingerprint density at radius 3 is 2.88 bits per heavy atom. The van der Waals surface area contributed by atoms with Gasteiger partial charge in [0.2, 0.25) is 0 Å². The fourth-order valence-corrected chi connectivity index (χ4v) is 3.70. The first-order valence-corrected chi connectivity index (χ1v) is 8.84. The molecular weight excluding hydrogens is 328 g/mol. The summed E-state index contributed by atoms with van der Waals surface area (Å²) in [5.74, 6) is 0.112. The average molecular weight is 351 g/mol. The van der Waals surface area contributed by atoms with Gasteiger partial charge < -0.3 is 16.4 Å². The van der Waals surface area contributed by atoms with Crippen LogP contribution in [0.2, 0.25) is 5.02 Å². The van der Waals surface area contributed by atoms with Crippen LogP contribution in [-0.2, 0) is 0 Å². The molecule has 3 amide bonds. The number of hydrogen-bond acceptors (Lipinski definition) is 3. The molecule has 6 nitrogen and oxygen atoms in total. The second-order valence-corrected chi connectivity index (χ2v) is 6.82. The Bertz CT molecular complexity index is 637. The van der Waals surface area contributed by atoms with E-state index in [1.165, 1.54) is 0 Å². The number of carbonyl (C=O) groups excluding carboxylic acids is 2. The number of amides is 3. The molecule has 2 atom stereocenters. The summed E-state index contributed by atoms with van der Waals surface area (Å²) >= 11 is 6.22. The van der Waals surface area contributed by atoms with Gasteiger partial charge in [-0.2, -0.15) is 0 Å². The van der Waals surface area contributed by atoms with Crippen molar-refractivity contribution in [1.82, 2.24) is 10.6 Å². The number of nitrogens with zero attached hydrogens (tertiary/aromatic N) is 1. The van der Waals surface area contributed by atoms with Crippen LogP contribution in [0.1, 0.15) is 36.0 Å². The maximum atomic E-state index is 12.7. The highest BCUT2D eigenvalue weighted by molar-refractivity contribution is 6.34. The highest BCUT2D eigenvalue weighted by atomic mass is 35.5. The van der Waals surface area contributed by atoms with Crippen molar-refractivity contribution in [2.75, 3.05) is 24.5 Å². The van der Waals surface area contributed by atoms with Crippen LogP contribution < -0.4 is 21.3 Å². The third-order valence-corrected chi connectivity index (χ3v) is 5.22. The first kappa shape index (κ1) is 17.0. The van der Waals surface area contributed by atoms with E-state index in [0.717, 1.165) is 25.7 Å². The van der Waals surface area contributed by atoms with Gasteiger partial charge in [-0.15, -0.1) is 0 Å². The van der Waals surface area contributed by atoms with Crippen molar-refractivity contribution in [2.24, 2.45) is 11.7 Å². The summed E-state index contributed by atoms with van der Waals surface area (Å²) in [4.78, 5) is 26.1. The van der Waals surface area contributed by atoms with E-state index in [1.807, 2.05) is 0 Å². The Labute approximate surface area is 146 Å². The van der Waals surface area contributed by atoms with Crippen molar-refractivity contribution in [3.63, 3.8) is 0 Å². The third kappa shape index (κ3) is 3.49. The summed E-state index contributed by atoms with van der Waals surface area (Å²) in [7, 11) is 0. The van der Waals surface area contributed by atoms with E-state index in [2.05, 4.69) is 10.6 Å². The molecule has 4 N–H and O–H groups in total. The Morgan fingerprint density at radius 1 is 1.38 bits per heavy atom. The molecule has 130 valence electrons. The van der Waals surface area contributed by atoms with Crippen molar-refractivity contribution in [2.45, 2.75) is 31.7 Å². The molecule has 0 bridgehead atoms. The van der Waals surface area contributed by atoms with Crippen molar-refractivity contribution < 1.29 is 9.59 Å². The van der Waals surface area contributed by atoms with Crippen molar-refractivity contribution in [3.05, 3.63) is 28.8 Å². The van der Waals surface area contributed by atoms with Gasteiger partial charge in [0.25, 0.3) is 5.91 Å². The van der Waals surface area contributed by atoms with Gasteiger partial charge >= 0.3 is 6.03 Å². The fourth-order valence-electron chi connectivity index (χ4n) is 3.50. The zero-order valence-corrected chi connectivity index (χ0v) is 14.3. The van der Waals surface area contributed by atoms with E-state index in [-0.39, 0.29) is 18.0 Å². The molecule has 1 aromatic carbocycles. The number of benzene rings is 1. The summed E-state index contributed by atoms with van der Waals surface area (Å²) in [6, 6.07) is 5.04. The predicted molar refractivity (Wildman–Crippen MR) is 94.5 cm³/mol. The molecule has 7 heteroatoms. The summed E-state index contributed by atoms with van der Waals surface area (Å²) in [6.07, 6.45) is 4.25. The SMILES string of the molecule is NCC1CCCCC1NC(=O)c1cc(N2CCNC2=O)ccc1Cl. The zero-order chi connectivity index (χ0) is 17.1. The minimum Gasteiger partial charge on any atom is -0.349 e. The minimum atomic E-state index is -0.202. The Hall–Kier alpha value is -1.79. The topological polar surface area (TPSA) is 87.5 Å². The molecule has 1 saturated heterocycles. The van der Waals surface area contributed by atoms with Crippen LogP contribution in [0.3, 0.4) is 0 Å². The van der Waals surface area contributed by atoms with E-state index in [9.17, 15) is 9.59 Å². The molecule has 0 radical (unpaired) electrons. The van der Waals surface area contributed by atoms with Crippen LogP contribution >= 0.6 is 11.6 Å². The number of hydrogen-bond donors (Lipinski definition) is 3.